The highest BCUT2D eigenvalue weighted by Crippen LogP contribution is 2.21. The fourth-order valence-corrected chi connectivity index (χ4v) is 2.58. The van der Waals surface area contributed by atoms with E-state index in [0.717, 1.165) is 18.6 Å². The van der Waals surface area contributed by atoms with Crippen molar-refractivity contribution in [2.45, 2.75) is 31.8 Å². The van der Waals surface area contributed by atoms with Crippen LogP contribution in [0.15, 0.2) is 28.2 Å². The van der Waals surface area contributed by atoms with Crippen LogP contribution in [-0.4, -0.2) is 22.1 Å². The summed E-state index contributed by atoms with van der Waals surface area (Å²) in [6, 6.07) is 2.95. The van der Waals surface area contributed by atoms with Crippen molar-refractivity contribution in [1.29, 1.82) is 0 Å². The highest BCUT2D eigenvalue weighted by Gasteiger charge is 2.18. The molecule has 0 aliphatic rings. The molecule has 0 fully saturated rings. The van der Waals surface area contributed by atoms with Gasteiger partial charge in [0.15, 0.2) is 5.13 Å². The molecular weight excluding hydrogens is 278 g/mol. The summed E-state index contributed by atoms with van der Waals surface area (Å²) in [6.45, 7) is 2.04. The summed E-state index contributed by atoms with van der Waals surface area (Å²) in [5.74, 6) is -0.126. The molecule has 7 heteroatoms. The number of nitrogens with zero attached hydrogens (tertiary/aromatic N) is 1. The molecule has 20 heavy (non-hydrogen) atoms. The summed E-state index contributed by atoms with van der Waals surface area (Å²) in [4.78, 5) is 15.0. The lowest BCUT2D eigenvalue weighted by atomic mass is 10.1. The maximum atomic E-state index is 10.8. The van der Waals surface area contributed by atoms with Gasteiger partial charge in [0, 0.05) is 17.8 Å². The topological polar surface area (TPSA) is 101 Å². The zero-order chi connectivity index (χ0) is 14.5. The lowest BCUT2D eigenvalue weighted by Crippen LogP contribution is -2.21. The molecule has 0 saturated heterocycles. The predicted octanol–water partition coefficient (Wildman–Crippen LogP) is 2.25. The third-order valence-electron chi connectivity index (χ3n) is 2.88. The van der Waals surface area contributed by atoms with E-state index >= 15 is 0 Å². The van der Waals surface area contributed by atoms with E-state index in [9.17, 15) is 4.79 Å². The summed E-state index contributed by atoms with van der Waals surface area (Å²) in [7, 11) is 0. The Morgan fingerprint density at radius 2 is 2.45 bits per heavy atom. The Morgan fingerprint density at radius 1 is 1.65 bits per heavy atom. The Morgan fingerprint density at radius 3 is 3.10 bits per heavy atom. The van der Waals surface area contributed by atoms with Crippen LogP contribution in [-0.2, 0) is 11.2 Å². The van der Waals surface area contributed by atoms with Crippen LogP contribution in [0.1, 0.15) is 30.8 Å². The van der Waals surface area contributed by atoms with Crippen LogP contribution in [0, 0.1) is 0 Å². The number of carboxylic acids is 1. The Hall–Kier alpha value is -1.86. The van der Waals surface area contributed by atoms with Crippen molar-refractivity contribution < 1.29 is 14.3 Å². The monoisotopic (exact) mass is 295 g/mol. The molecule has 0 bridgehead atoms. The van der Waals surface area contributed by atoms with Gasteiger partial charge < -0.3 is 20.6 Å². The van der Waals surface area contributed by atoms with E-state index in [4.69, 9.17) is 15.3 Å². The lowest BCUT2D eigenvalue weighted by Gasteiger charge is -2.11. The molecule has 2 rings (SSSR count). The minimum absolute atomic E-state index is 0.208. The fraction of sp³-hybridized carbons (Fsp3) is 0.385. The Kier molecular flexibility index (Phi) is 4.75. The molecule has 2 aromatic rings. The van der Waals surface area contributed by atoms with E-state index in [0.29, 0.717) is 10.8 Å². The number of rotatable bonds is 7. The number of furan rings is 1. The lowest BCUT2D eigenvalue weighted by molar-refractivity contribution is -0.138. The van der Waals surface area contributed by atoms with Gasteiger partial charge in [-0.2, -0.15) is 0 Å². The van der Waals surface area contributed by atoms with Gasteiger partial charge >= 0.3 is 5.97 Å². The van der Waals surface area contributed by atoms with Crippen molar-refractivity contribution in [3.63, 3.8) is 0 Å². The highest BCUT2D eigenvalue weighted by molar-refractivity contribution is 7.13. The molecule has 0 aliphatic heterocycles. The zero-order valence-electron chi connectivity index (χ0n) is 11.1. The number of carboxylic acid groups (broad SMARTS) is 1. The molecular formula is C13H17N3O3S. The molecule has 0 aliphatic carbocycles. The van der Waals surface area contributed by atoms with E-state index < -0.39 is 12.0 Å². The number of aryl methyl sites for hydroxylation is 1. The van der Waals surface area contributed by atoms with Crippen LogP contribution < -0.4 is 11.1 Å². The summed E-state index contributed by atoms with van der Waals surface area (Å²) >= 11 is 1.36. The number of hydrogen-bond donors (Lipinski definition) is 3. The van der Waals surface area contributed by atoms with Crippen LogP contribution in [0.4, 0.5) is 5.13 Å². The van der Waals surface area contributed by atoms with Gasteiger partial charge in [0.2, 0.25) is 0 Å². The number of nitrogens with one attached hydrogen (secondary N) is 1. The third kappa shape index (κ3) is 3.82. The minimum atomic E-state index is -1.08. The van der Waals surface area contributed by atoms with Gasteiger partial charge in [-0.3, -0.25) is 4.79 Å². The van der Waals surface area contributed by atoms with Gasteiger partial charge in [-0.25, -0.2) is 4.98 Å². The quantitative estimate of drug-likeness (QED) is 0.724. The van der Waals surface area contributed by atoms with E-state index in [2.05, 4.69) is 10.3 Å². The van der Waals surface area contributed by atoms with Crippen molar-refractivity contribution in [3.8, 4) is 0 Å². The summed E-state index contributed by atoms with van der Waals surface area (Å²) in [5, 5.41) is 14.4. The predicted molar refractivity (Wildman–Crippen MR) is 76.8 cm³/mol. The van der Waals surface area contributed by atoms with Crippen LogP contribution >= 0.6 is 11.3 Å². The Balaban J connectivity index is 1.85. The number of carbonyl (C=O) groups is 1. The van der Waals surface area contributed by atoms with E-state index in [1.54, 1.807) is 11.6 Å². The smallest absolute Gasteiger partial charge is 0.326 e. The molecule has 0 aromatic carbocycles. The first-order valence-corrected chi connectivity index (χ1v) is 7.17. The standard InChI is InChI=1S/C13H17N3O3S/c1-8(4-5-9-3-2-6-19-9)15-13-16-10(7-20-13)11(14)12(17)18/h2-3,6-8,11H,4-5,14H2,1H3,(H,15,16)(H,17,18). The first-order valence-electron chi connectivity index (χ1n) is 6.29. The van der Waals surface area contributed by atoms with E-state index in [-0.39, 0.29) is 6.04 Å². The third-order valence-corrected chi connectivity index (χ3v) is 3.67. The van der Waals surface area contributed by atoms with Gasteiger partial charge in [-0.15, -0.1) is 11.3 Å². The minimum Gasteiger partial charge on any atom is -0.480 e. The maximum absolute atomic E-state index is 10.8. The van der Waals surface area contributed by atoms with Crippen molar-refractivity contribution >= 4 is 22.4 Å². The Bertz CT molecular complexity index is 553. The Labute approximate surface area is 120 Å². The molecule has 108 valence electrons. The number of hydrogen-bond acceptors (Lipinski definition) is 6. The first-order chi connectivity index (χ1) is 9.56. The average molecular weight is 295 g/mol. The van der Waals surface area contributed by atoms with Gasteiger partial charge in [0.05, 0.1) is 12.0 Å². The summed E-state index contributed by atoms with van der Waals surface area (Å²) in [6.07, 6.45) is 3.40. The van der Waals surface area contributed by atoms with Crippen molar-refractivity contribution in [1.82, 2.24) is 4.98 Å². The second-order valence-corrected chi connectivity index (χ2v) is 5.41. The normalized spacial score (nSPS) is 13.9. The van der Waals surface area contributed by atoms with Crippen molar-refractivity contribution in [2.75, 3.05) is 5.32 Å². The number of nitrogens with two attached hydrogens (primary N) is 1. The van der Waals surface area contributed by atoms with Crippen LogP contribution in [0.25, 0.3) is 0 Å². The molecule has 0 radical (unpaired) electrons. The highest BCUT2D eigenvalue weighted by atomic mass is 32.1. The second-order valence-electron chi connectivity index (χ2n) is 4.56. The number of thiazole rings is 1. The van der Waals surface area contributed by atoms with Gasteiger partial charge in [0.25, 0.3) is 0 Å². The molecule has 0 saturated carbocycles. The molecule has 2 aromatic heterocycles. The zero-order valence-corrected chi connectivity index (χ0v) is 11.9. The first kappa shape index (κ1) is 14.5. The molecule has 2 heterocycles. The van der Waals surface area contributed by atoms with Gasteiger partial charge in [0.1, 0.15) is 11.8 Å². The number of aliphatic carboxylic acids is 1. The van der Waals surface area contributed by atoms with Crippen molar-refractivity contribution in [2.24, 2.45) is 5.73 Å². The molecule has 0 amide bonds. The van der Waals surface area contributed by atoms with Crippen LogP contribution in [0.5, 0.6) is 0 Å². The largest absolute Gasteiger partial charge is 0.480 e. The second kappa shape index (κ2) is 6.53. The van der Waals surface area contributed by atoms with E-state index in [1.165, 1.54) is 11.3 Å². The molecule has 4 N–H and O–H groups in total. The number of aromatic nitrogens is 1. The summed E-state index contributed by atoms with van der Waals surface area (Å²) in [5.41, 5.74) is 5.89. The van der Waals surface area contributed by atoms with Crippen molar-refractivity contribution in [3.05, 3.63) is 35.2 Å². The van der Waals surface area contributed by atoms with E-state index in [1.807, 2.05) is 19.1 Å². The maximum Gasteiger partial charge on any atom is 0.326 e. The SMILES string of the molecule is CC(CCc1ccco1)Nc1nc(C(N)C(=O)O)cs1. The van der Waals surface area contributed by atoms with Crippen LogP contribution in [0.2, 0.25) is 0 Å². The van der Waals surface area contributed by atoms with Gasteiger partial charge in [-0.05, 0) is 25.5 Å². The summed E-state index contributed by atoms with van der Waals surface area (Å²) < 4.78 is 5.27. The fourth-order valence-electron chi connectivity index (χ4n) is 1.72. The molecule has 2 atom stereocenters. The molecule has 2 unspecified atom stereocenters. The molecule has 6 nitrogen and oxygen atoms in total. The number of anilines is 1. The average Bonchev–Trinajstić information content (AvgIpc) is 3.06. The van der Waals surface area contributed by atoms with Crippen LogP contribution in [0.3, 0.4) is 0 Å². The molecule has 0 spiro atoms. The van der Waals surface area contributed by atoms with Gasteiger partial charge in [-0.1, -0.05) is 0 Å².